The maximum atomic E-state index is 13.4. The SMILES string of the molecule is Cc1ccc(S(=O)(=O)CC(=O)N2CCN(c3nc4ccc(F)cc4s3)CC2)cc1. The normalized spacial score (nSPS) is 15.1. The van der Waals surface area contributed by atoms with Crippen LogP contribution in [0.4, 0.5) is 9.52 Å². The number of sulfone groups is 1. The number of rotatable bonds is 4. The maximum absolute atomic E-state index is 13.4. The summed E-state index contributed by atoms with van der Waals surface area (Å²) in [6, 6.07) is 11.0. The van der Waals surface area contributed by atoms with E-state index in [0.717, 1.165) is 20.9 Å². The molecule has 0 unspecified atom stereocenters. The fourth-order valence-electron chi connectivity index (χ4n) is 3.25. The fraction of sp³-hybridized carbons (Fsp3) is 0.300. The van der Waals surface area contributed by atoms with Gasteiger partial charge in [0.25, 0.3) is 0 Å². The molecule has 0 atom stereocenters. The minimum absolute atomic E-state index is 0.164. The summed E-state index contributed by atoms with van der Waals surface area (Å²) in [7, 11) is -3.66. The summed E-state index contributed by atoms with van der Waals surface area (Å²) in [5, 5.41) is 0.782. The van der Waals surface area contributed by atoms with Gasteiger partial charge in [0.2, 0.25) is 5.91 Å². The molecule has 0 bridgehead atoms. The molecule has 2 heterocycles. The molecule has 1 aromatic heterocycles. The second kappa shape index (κ2) is 7.72. The molecule has 2 aromatic carbocycles. The van der Waals surface area contributed by atoms with E-state index in [1.54, 1.807) is 23.1 Å². The molecule has 1 aliphatic heterocycles. The second-order valence-electron chi connectivity index (χ2n) is 7.05. The first-order valence-electron chi connectivity index (χ1n) is 9.20. The highest BCUT2D eigenvalue weighted by molar-refractivity contribution is 7.92. The average Bonchev–Trinajstić information content (AvgIpc) is 3.11. The first-order chi connectivity index (χ1) is 13.8. The molecule has 6 nitrogen and oxygen atoms in total. The summed E-state index contributed by atoms with van der Waals surface area (Å²) < 4.78 is 39.2. The Bertz CT molecular complexity index is 1150. The predicted molar refractivity (Wildman–Crippen MR) is 112 cm³/mol. The van der Waals surface area contributed by atoms with Gasteiger partial charge in [-0.15, -0.1) is 0 Å². The van der Waals surface area contributed by atoms with Crippen LogP contribution in [0.25, 0.3) is 10.2 Å². The van der Waals surface area contributed by atoms with Crippen molar-refractivity contribution in [3.63, 3.8) is 0 Å². The molecule has 29 heavy (non-hydrogen) atoms. The Labute approximate surface area is 172 Å². The van der Waals surface area contributed by atoms with Crippen LogP contribution in [0.2, 0.25) is 0 Å². The quantitative estimate of drug-likeness (QED) is 0.633. The van der Waals surface area contributed by atoms with Crippen molar-refractivity contribution in [2.45, 2.75) is 11.8 Å². The molecule has 0 N–H and O–H groups in total. The van der Waals surface area contributed by atoms with E-state index >= 15 is 0 Å². The van der Waals surface area contributed by atoms with Crippen LogP contribution in [0.3, 0.4) is 0 Å². The van der Waals surface area contributed by atoms with Gasteiger partial charge in [-0.1, -0.05) is 29.0 Å². The highest BCUT2D eigenvalue weighted by Crippen LogP contribution is 2.30. The number of thiazole rings is 1. The van der Waals surface area contributed by atoms with E-state index in [1.165, 1.54) is 35.6 Å². The molecular weight excluding hydrogens is 413 g/mol. The monoisotopic (exact) mass is 433 g/mol. The summed E-state index contributed by atoms with van der Waals surface area (Å²) in [4.78, 5) is 20.9. The van der Waals surface area contributed by atoms with E-state index in [-0.39, 0.29) is 10.7 Å². The topological polar surface area (TPSA) is 70.6 Å². The van der Waals surface area contributed by atoms with Gasteiger partial charge in [0.1, 0.15) is 11.6 Å². The van der Waals surface area contributed by atoms with Crippen molar-refractivity contribution in [3.05, 3.63) is 53.8 Å². The number of fused-ring (bicyclic) bond motifs is 1. The number of carbonyl (C=O) groups excluding carboxylic acids is 1. The molecule has 4 rings (SSSR count). The number of amides is 1. The number of benzene rings is 2. The molecular formula is C20H20FN3O3S2. The number of nitrogens with zero attached hydrogens (tertiary/aromatic N) is 3. The number of hydrogen-bond acceptors (Lipinski definition) is 6. The third-order valence-corrected chi connectivity index (χ3v) is 7.63. The number of hydrogen-bond donors (Lipinski definition) is 0. The smallest absolute Gasteiger partial charge is 0.238 e. The number of aryl methyl sites for hydroxylation is 1. The van der Waals surface area contributed by atoms with Crippen LogP contribution in [0, 0.1) is 12.7 Å². The zero-order chi connectivity index (χ0) is 20.6. The highest BCUT2D eigenvalue weighted by atomic mass is 32.2. The fourth-order valence-corrected chi connectivity index (χ4v) is 5.52. The van der Waals surface area contributed by atoms with Crippen LogP contribution in [0.5, 0.6) is 0 Å². The lowest BCUT2D eigenvalue weighted by Crippen LogP contribution is -2.50. The van der Waals surface area contributed by atoms with Gasteiger partial charge in [-0.25, -0.2) is 17.8 Å². The van der Waals surface area contributed by atoms with Crippen LogP contribution < -0.4 is 4.90 Å². The lowest BCUT2D eigenvalue weighted by atomic mass is 10.2. The number of carbonyl (C=O) groups is 1. The van der Waals surface area contributed by atoms with Crippen LogP contribution in [0.15, 0.2) is 47.4 Å². The Hall–Kier alpha value is -2.52. The van der Waals surface area contributed by atoms with E-state index in [0.29, 0.717) is 26.2 Å². The van der Waals surface area contributed by atoms with Crippen LogP contribution in [0.1, 0.15) is 5.56 Å². The molecule has 1 saturated heterocycles. The molecule has 0 aliphatic carbocycles. The molecule has 9 heteroatoms. The van der Waals surface area contributed by atoms with Crippen molar-refractivity contribution >= 4 is 42.4 Å². The molecule has 152 valence electrons. The summed E-state index contributed by atoms with van der Waals surface area (Å²) in [6.45, 7) is 3.83. The lowest BCUT2D eigenvalue weighted by molar-refractivity contribution is -0.128. The van der Waals surface area contributed by atoms with Crippen molar-refractivity contribution in [2.75, 3.05) is 36.8 Å². The average molecular weight is 434 g/mol. The number of halogens is 1. The van der Waals surface area contributed by atoms with Crippen LogP contribution in [-0.4, -0.2) is 56.1 Å². The standard InChI is InChI=1S/C20H20FN3O3S2/c1-14-2-5-16(6-3-14)29(26,27)13-19(25)23-8-10-24(11-9-23)20-22-17-7-4-15(21)12-18(17)28-20/h2-7,12H,8-11,13H2,1H3. The summed E-state index contributed by atoms with van der Waals surface area (Å²) in [5.74, 6) is -1.22. The van der Waals surface area contributed by atoms with E-state index in [4.69, 9.17) is 0 Å². The molecule has 1 fully saturated rings. The van der Waals surface area contributed by atoms with Gasteiger partial charge in [-0.05, 0) is 37.3 Å². The maximum Gasteiger partial charge on any atom is 0.238 e. The Morgan fingerprint density at radius 2 is 1.79 bits per heavy atom. The summed E-state index contributed by atoms with van der Waals surface area (Å²) in [5.41, 5.74) is 1.71. The number of piperazine rings is 1. The van der Waals surface area contributed by atoms with Gasteiger partial charge in [-0.3, -0.25) is 4.79 Å². The molecule has 1 amide bonds. The molecule has 0 radical (unpaired) electrons. The number of aromatic nitrogens is 1. The first kappa shape index (κ1) is 19.8. The van der Waals surface area contributed by atoms with Gasteiger partial charge in [0, 0.05) is 26.2 Å². The third kappa shape index (κ3) is 4.25. The summed E-state index contributed by atoms with van der Waals surface area (Å²) >= 11 is 1.41. The van der Waals surface area contributed by atoms with Crippen molar-refractivity contribution in [3.8, 4) is 0 Å². The highest BCUT2D eigenvalue weighted by Gasteiger charge is 2.27. The van der Waals surface area contributed by atoms with Crippen molar-refractivity contribution in [1.29, 1.82) is 0 Å². The van der Waals surface area contributed by atoms with E-state index < -0.39 is 21.5 Å². The molecule has 0 spiro atoms. The van der Waals surface area contributed by atoms with Gasteiger partial charge in [-0.2, -0.15) is 0 Å². The van der Waals surface area contributed by atoms with Crippen molar-refractivity contribution < 1.29 is 17.6 Å². The lowest BCUT2D eigenvalue weighted by Gasteiger charge is -2.34. The van der Waals surface area contributed by atoms with Crippen molar-refractivity contribution in [2.24, 2.45) is 0 Å². The Morgan fingerprint density at radius 3 is 2.48 bits per heavy atom. The molecule has 0 saturated carbocycles. The molecule has 3 aromatic rings. The van der Waals surface area contributed by atoms with Crippen LogP contribution in [-0.2, 0) is 14.6 Å². The van der Waals surface area contributed by atoms with E-state index in [2.05, 4.69) is 4.98 Å². The Morgan fingerprint density at radius 1 is 1.10 bits per heavy atom. The van der Waals surface area contributed by atoms with Crippen LogP contribution >= 0.6 is 11.3 Å². The van der Waals surface area contributed by atoms with Gasteiger partial charge in [0.05, 0.1) is 15.1 Å². The van der Waals surface area contributed by atoms with Crippen molar-refractivity contribution in [1.82, 2.24) is 9.88 Å². The Kier molecular flexibility index (Phi) is 5.26. The summed E-state index contributed by atoms with van der Waals surface area (Å²) in [6.07, 6.45) is 0. The molecule has 1 aliphatic rings. The van der Waals surface area contributed by atoms with E-state index in [1.807, 2.05) is 11.8 Å². The number of anilines is 1. The van der Waals surface area contributed by atoms with E-state index in [9.17, 15) is 17.6 Å². The largest absolute Gasteiger partial charge is 0.345 e. The van der Waals surface area contributed by atoms with Gasteiger partial charge >= 0.3 is 0 Å². The minimum Gasteiger partial charge on any atom is -0.345 e. The first-order valence-corrected chi connectivity index (χ1v) is 11.7. The Balaban J connectivity index is 1.39. The van der Waals surface area contributed by atoms with Gasteiger partial charge < -0.3 is 9.80 Å². The van der Waals surface area contributed by atoms with Gasteiger partial charge in [0.15, 0.2) is 15.0 Å². The predicted octanol–water partition coefficient (Wildman–Crippen LogP) is 2.87. The zero-order valence-corrected chi connectivity index (χ0v) is 17.5. The zero-order valence-electron chi connectivity index (χ0n) is 15.8. The second-order valence-corrected chi connectivity index (χ2v) is 10.0. The third-order valence-electron chi connectivity index (χ3n) is 4.94. The minimum atomic E-state index is -3.66.